The predicted octanol–water partition coefficient (Wildman–Crippen LogP) is 0.334. The maximum Gasteiger partial charge on any atom is 0.372 e. The topological polar surface area (TPSA) is 78.2 Å². The number of ketones is 1. The number of nitrogens with zero attached hydrogens (tertiary/aromatic N) is 1. The maximum atomic E-state index is 10.3. The molecule has 4 nitrogen and oxygen atoms in total. The fourth-order valence-electron chi connectivity index (χ4n) is 0.435. The van der Waals surface area contributed by atoms with Crippen LogP contribution >= 0.6 is 0 Å². The van der Waals surface area contributed by atoms with Gasteiger partial charge in [-0.3, -0.25) is 4.79 Å². The molecule has 0 aromatic rings. The highest BCUT2D eigenvalue weighted by molar-refractivity contribution is 6.32. The number of carboxylic acids is 1. The van der Waals surface area contributed by atoms with Gasteiger partial charge in [0.05, 0.1) is 6.07 Å². The molecular formula is C6H7NO3. The molecule has 0 amide bonds. The molecule has 0 unspecified atom stereocenters. The molecule has 0 fully saturated rings. The van der Waals surface area contributed by atoms with Gasteiger partial charge in [0, 0.05) is 12.8 Å². The van der Waals surface area contributed by atoms with E-state index in [1.807, 2.05) is 6.07 Å². The van der Waals surface area contributed by atoms with Crippen LogP contribution in [0.2, 0.25) is 0 Å². The number of aliphatic carboxylic acids is 1. The molecule has 0 rings (SSSR count). The first-order valence-electron chi connectivity index (χ1n) is 2.81. The zero-order valence-electron chi connectivity index (χ0n) is 5.33. The zero-order valence-corrected chi connectivity index (χ0v) is 5.33. The minimum Gasteiger partial charge on any atom is -0.476 e. The first kappa shape index (κ1) is 8.63. The van der Waals surface area contributed by atoms with Crippen molar-refractivity contribution in [1.29, 1.82) is 5.26 Å². The van der Waals surface area contributed by atoms with Crippen LogP contribution in [0, 0.1) is 11.3 Å². The molecule has 54 valence electrons. The third-order valence-corrected chi connectivity index (χ3v) is 0.931. The van der Waals surface area contributed by atoms with Crippen LogP contribution in [0.4, 0.5) is 0 Å². The molecule has 0 saturated heterocycles. The molecular weight excluding hydrogens is 134 g/mol. The molecule has 0 aromatic heterocycles. The zero-order chi connectivity index (χ0) is 7.98. The molecule has 0 aliphatic rings. The van der Waals surface area contributed by atoms with Gasteiger partial charge in [-0.2, -0.15) is 5.26 Å². The van der Waals surface area contributed by atoms with Gasteiger partial charge in [-0.1, -0.05) is 0 Å². The van der Waals surface area contributed by atoms with Gasteiger partial charge in [0.2, 0.25) is 5.78 Å². The van der Waals surface area contributed by atoms with Crippen LogP contribution in [0.15, 0.2) is 0 Å². The second-order valence-electron chi connectivity index (χ2n) is 1.74. The van der Waals surface area contributed by atoms with Gasteiger partial charge < -0.3 is 5.11 Å². The summed E-state index contributed by atoms with van der Waals surface area (Å²) in [5.41, 5.74) is 0. The van der Waals surface area contributed by atoms with Gasteiger partial charge in [-0.05, 0) is 6.42 Å². The molecule has 0 aliphatic carbocycles. The second kappa shape index (κ2) is 4.50. The lowest BCUT2D eigenvalue weighted by Gasteiger charge is -1.88. The number of carboxylic acid groups (broad SMARTS) is 1. The minimum absolute atomic E-state index is 0.0388. The molecule has 4 heteroatoms. The van der Waals surface area contributed by atoms with E-state index in [0.29, 0.717) is 6.42 Å². The van der Waals surface area contributed by atoms with E-state index in [2.05, 4.69) is 0 Å². The lowest BCUT2D eigenvalue weighted by Crippen LogP contribution is -2.11. The number of carbonyl (C=O) groups excluding carboxylic acids is 1. The highest BCUT2D eigenvalue weighted by atomic mass is 16.4. The van der Waals surface area contributed by atoms with Crippen LogP contribution in [-0.4, -0.2) is 16.9 Å². The summed E-state index contributed by atoms with van der Waals surface area (Å²) in [6.45, 7) is 0. The largest absolute Gasteiger partial charge is 0.476 e. The van der Waals surface area contributed by atoms with Gasteiger partial charge in [-0.15, -0.1) is 0 Å². The molecule has 0 aromatic carbocycles. The summed E-state index contributed by atoms with van der Waals surface area (Å²) in [6, 6.07) is 1.82. The van der Waals surface area contributed by atoms with Crippen molar-refractivity contribution >= 4 is 11.8 Å². The van der Waals surface area contributed by atoms with E-state index in [1.54, 1.807) is 0 Å². The molecule has 0 heterocycles. The summed E-state index contributed by atoms with van der Waals surface area (Å²) in [5.74, 6) is -2.24. The Morgan fingerprint density at radius 3 is 2.50 bits per heavy atom. The third kappa shape index (κ3) is 3.61. The molecule has 1 N–H and O–H groups in total. The number of unbranched alkanes of at least 4 members (excludes halogenated alkanes) is 1. The number of hydrogen-bond acceptors (Lipinski definition) is 3. The van der Waals surface area contributed by atoms with E-state index >= 15 is 0 Å². The molecule has 0 radical (unpaired) electrons. The number of hydrogen-bond donors (Lipinski definition) is 1. The molecule has 0 aliphatic heterocycles. The van der Waals surface area contributed by atoms with Gasteiger partial charge in [-0.25, -0.2) is 4.79 Å². The van der Waals surface area contributed by atoms with Crippen molar-refractivity contribution in [3.8, 4) is 6.07 Å². The first-order valence-corrected chi connectivity index (χ1v) is 2.81. The van der Waals surface area contributed by atoms with Gasteiger partial charge >= 0.3 is 5.97 Å². The van der Waals surface area contributed by atoms with Crippen LogP contribution in [-0.2, 0) is 9.59 Å². The quantitative estimate of drug-likeness (QED) is 0.452. The number of Topliss-reactive ketones (excluding diaryl/α,β-unsaturated/α-hetero) is 1. The van der Waals surface area contributed by atoms with E-state index in [-0.39, 0.29) is 12.8 Å². The van der Waals surface area contributed by atoms with Gasteiger partial charge in [0.25, 0.3) is 0 Å². The van der Waals surface area contributed by atoms with Crippen molar-refractivity contribution in [2.24, 2.45) is 0 Å². The highest BCUT2D eigenvalue weighted by Crippen LogP contribution is 1.94. The molecule has 0 bridgehead atoms. The number of carbonyl (C=O) groups is 2. The average Bonchev–Trinajstić information content (AvgIpc) is 1.88. The van der Waals surface area contributed by atoms with E-state index in [0.717, 1.165) is 0 Å². The van der Waals surface area contributed by atoms with Crippen molar-refractivity contribution < 1.29 is 14.7 Å². The molecule has 0 spiro atoms. The predicted molar refractivity (Wildman–Crippen MR) is 32.1 cm³/mol. The van der Waals surface area contributed by atoms with Crippen molar-refractivity contribution in [2.45, 2.75) is 19.3 Å². The van der Waals surface area contributed by atoms with E-state index in [1.165, 1.54) is 0 Å². The number of nitriles is 1. The minimum atomic E-state index is -1.42. The van der Waals surface area contributed by atoms with Crippen LogP contribution in [0.5, 0.6) is 0 Å². The Morgan fingerprint density at radius 2 is 2.10 bits per heavy atom. The number of rotatable bonds is 4. The fraction of sp³-hybridized carbons (Fsp3) is 0.500. The first-order chi connectivity index (χ1) is 4.68. The van der Waals surface area contributed by atoms with Gasteiger partial charge in [0.1, 0.15) is 0 Å². The Balaban J connectivity index is 3.43. The molecule has 0 atom stereocenters. The Hall–Kier alpha value is -1.37. The van der Waals surface area contributed by atoms with E-state index in [9.17, 15) is 9.59 Å². The van der Waals surface area contributed by atoms with E-state index < -0.39 is 11.8 Å². The highest BCUT2D eigenvalue weighted by Gasteiger charge is 2.09. The lowest BCUT2D eigenvalue weighted by atomic mass is 10.2. The SMILES string of the molecule is N#CCCCC(=O)C(=O)O. The Bertz CT molecular complexity index is 180. The lowest BCUT2D eigenvalue weighted by molar-refractivity contribution is -0.149. The summed E-state index contributed by atoms with van der Waals surface area (Å²) < 4.78 is 0. The smallest absolute Gasteiger partial charge is 0.372 e. The standard InChI is InChI=1S/C6H7NO3/c7-4-2-1-3-5(8)6(9)10/h1-3H2,(H,9,10). The summed E-state index contributed by atoms with van der Waals surface area (Å²) in [7, 11) is 0. The van der Waals surface area contributed by atoms with Crippen molar-refractivity contribution in [2.75, 3.05) is 0 Å². The van der Waals surface area contributed by atoms with Crippen molar-refractivity contribution in [3.63, 3.8) is 0 Å². The third-order valence-electron chi connectivity index (χ3n) is 0.931. The Labute approximate surface area is 58.1 Å². The maximum absolute atomic E-state index is 10.3. The average molecular weight is 141 g/mol. The molecule has 0 saturated carbocycles. The monoisotopic (exact) mass is 141 g/mol. The van der Waals surface area contributed by atoms with Crippen LogP contribution < -0.4 is 0 Å². The Morgan fingerprint density at radius 1 is 1.50 bits per heavy atom. The summed E-state index contributed by atoms with van der Waals surface area (Å²) in [5, 5.41) is 16.1. The van der Waals surface area contributed by atoms with E-state index in [4.69, 9.17) is 10.4 Å². The summed E-state index contributed by atoms with van der Waals surface area (Å²) in [6.07, 6.45) is 0.531. The van der Waals surface area contributed by atoms with Crippen molar-refractivity contribution in [3.05, 3.63) is 0 Å². The van der Waals surface area contributed by atoms with Crippen molar-refractivity contribution in [1.82, 2.24) is 0 Å². The fourth-order valence-corrected chi connectivity index (χ4v) is 0.435. The summed E-state index contributed by atoms with van der Waals surface area (Å²) in [4.78, 5) is 20.2. The van der Waals surface area contributed by atoms with Crippen LogP contribution in [0.25, 0.3) is 0 Å². The Kier molecular flexibility index (Phi) is 3.89. The van der Waals surface area contributed by atoms with Crippen LogP contribution in [0.3, 0.4) is 0 Å². The normalized spacial score (nSPS) is 8.30. The second-order valence-corrected chi connectivity index (χ2v) is 1.74. The van der Waals surface area contributed by atoms with Crippen LogP contribution in [0.1, 0.15) is 19.3 Å². The summed E-state index contributed by atoms with van der Waals surface area (Å²) >= 11 is 0. The van der Waals surface area contributed by atoms with Gasteiger partial charge in [0.15, 0.2) is 0 Å². The molecule has 10 heavy (non-hydrogen) atoms.